The SMILES string of the molecule is CC1=CC(CNC(C)C)C(C(C)C)CC1Cc1nnc(-c2ccccc2F)o1. The maximum absolute atomic E-state index is 14.0. The van der Waals surface area contributed by atoms with Gasteiger partial charge in [-0.25, -0.2) is 4.39 Å². The minimum absolute atomic E-state index is 0.255. The zero-order valence-corrected chi connectivity index (χ0v) is 17.6. The molecule has 4 nitrogen and oxygen atoms in total. The van der Waals surface area contributed by atoms with Crippen LogP contribution in [0.25, 0.3) is 11.5 Å². The van der Waals surface area contributed by atoms with E-state index >= 15 is 0 Å². The van der Waals surface area contributed by atoms with E-state index in [9.17, 15) is 4.39 Å². The quantitative estimate of drug-likeness (QED) is 0.660. The van der Waals surface area contributed by atoms with Crippen molar-refractivity contribution in [1.82, 2.24) is 15.5 Å². The van der Waals surface area contributed by atoms with E-state index in [1.165, 1.54) is 11.6 Å². The summed E-state index contributed by atoms with van der Waals surface area (Å²) in [5, 5.41) is 11.8. The third-order valence-electron chi connectivity index (χ3n) is 5.84. The second kappa shape index (κ2) is 8.99. The molecule has 0 amide bonds. The van der Waals surface area contributed by atoms with Crippen LogP contribution in [0.4, 0.5) is 4.39 Å². The Morgan fingerprint density at radius 1 is 1.18 bits per heavy atom. The normalized spacial score (nSPS) is 22.7. The van der Waals surface area contributed by atoms with Crippen molar-refractivity contribution in [3.63, 3.8) is 0 Å². The molecule has 28 heavy (non-hydrogen) atoms. The van der Waals surface area contributed by atoms with Crippen molar-refractivity contribution in [2.24, 2.45) is 23.7 Å². The van der Waals surface area contributed by atoms with Gasteiger partial charge in [0.25, 0.3) is 5.89 Å². The number of allylic oxidation sites excluding steroid dienone is 1. The van der Waals surface area contributed by atoms with Gasteiger partial charge in [0, 0.05) is 19.0 Å². The Morgan fingerprint density at radius 3 is 2.61 bits per heavy atom. The van der Waals surface area contributed by atoms with Crippen LogP contribution >= 0.6 is 0 Å². The number of rotatable bonds is 7. The second-order valence-corrected chi connectivity index (χ2v) is 8.66. The molecule has 3 rings (SSSR count). The topological polar surface area (TPSA) is 51.0 Å². The van der Waals surface area contributed by atoms with Crippen LogP contribution in [0.2, 0.25) is 0 Å². The predicted molar refractivity (Wildman–Crippen MR) is 110 cm³/mol. The molecule has 1 N–H and O–H groups in total. The molecule has 0 saturated heterocycles. The number of hydrogen-bond acceptors (Lipinski definition) is 4. The second-order valence-electron chi connectivity index (χ2n) is 8.66. The van der Waals surface area contributed by atoms with E-state index < -0.39 is 0 Å². The first kappa shape index (κ1) is 20.7. The molecular weight excluding hydrogens is 353 g/mol. The number of nitrogens with one attached hydrogen (secondary N) is 1. The fourth-order valence-corrected chi connectivity index (χ4v) is 4.17. The Bertz CT molecular complexity index is 812. The lowest BCUT2D eigenvalue weighted by Crippen LogP contribution is -2.37. The summed E-state index contributed by atoms with van der Waals surface area (Å²) in [5.74, 6) is 2.66. The van der Waals surface area contributed by atoms with Gasteiger partial charge in [0.05, 0.1) is 5.56 Å². The van der Waals surface area contributed by atoms with Crippen molar-refractivity contribution in [2.45, 2.75) is 53.5 Å². The van der Waals surface area contributed by atoms with Crippen molar-refractivity contribution >= 4 is 0 Å². The van der Waals surface area contributed by atoms with Gasteiger partial charge in [-0.2, -0.15) is 0 Å². The van der Waals surface area contributed by atoms with E-state index in [0.717, 1.165) is 13.0 Å². The van der Waals surface area contributed by atoms with Crippen LogP contribution < -0.4 is 5.32 Å². The molecule has 3 atom stereocenters. The summed E-state index contributed by atoms with van der Waals surface area (Å²) in [4.78, 5) is 0. The smallest absolute Gasteiger partial charge is 0.250 e. The minimum Gasteiger partial charge on any atom is -0.421 e. The molecule has 1 aliphatic rings. The van der Waals surface area contributed by atoms with Gasteiger partial charge < -0.3 is 9.73 Å². The average Bonchev–Trinajstić information content (AvgIpc) is 3.10. The Balaban J connectivity index is 1.74. The fourth-order valence-electron chi connectivity index (χ4n) is 4.17. The first-order valence-corrected chi connectivity index (χ1v) is 10.3. The summed E-state index contributed by atoms with van der Waals surface area (Å²) in [6.07, 6.45) is 4.25. The predicted octanol–water partition coefficient (Wildman–Crippen LogP) is 5.27. The van der Waals surface area contributed by atoms with Gasteiger partial charge in [-0.3, -0.25) is 0 Å². The van der Waals surface area contributed by atoms with E-state index in [-0.39, 0.29) is 11.7 Å². The zero-order valence-electron chi connectivity index (χ0n) is 17.6. The Hall–Kier alpha value is -2.01. The molecule has 0 fully saturated rings. The van der Waals surface area contributed by atoms with Gasteiger partial charge in [0.1, 0.15) is 5.82 Å². The minimum atomic E-state index is -0.341. The number of hydrogen-bond donors (Lipinski definition) is 1. The molecule has 1 heterocycles. The lowest BCUT2D eigenvalue weighted by molar-refractivity contribution is 0.216. The Morgan fingerprint density at radius 2 is 1.93 bits per heavy atom. The highest BCUT2D eigenvalue weighted by Gasteiger charge is 2.32. The van der Waals surface area contributed by atoms with Crippen LogP contribution in [0.5, 0.6) is 0 Å². The largest absolute Gasteiger partial charge is 0.421 e. The number of benzene rings is 1. The molecule has 3 unspecified atom stereocenters. The number of nitrogens with zero attached hydrogens (tertiary/aromatic N) is 2. The Kier molecular flexibility index (Phi) is 6.65. The molecule has 0 spiro atoms. The highest BCUT2D eigenvalue weighted by Crippen LogP contribution is 2.38. The van der Waals surface area contributed by atoms with Crippen molar-refractivity contribution in [3.05, 3.63) is 47.6 Å². The lowest BCUT2D eigenvalue weighted by atomic mass is 9.70. The van der Waals surface area contributed by atoms with E-state index in [2.05, 4.69) is 56.2 Å². The van der Waals surface area contributed by atoms with E-state index in [4.69, 9.17) is 4.42 Å². The van der Waals surface area contributed by atoms with E-state index in [1.54, 1.807) is 18.2 Å². The summed E-state index contributed by atoms with van der Waals surface area (Å²) in [7, 11) is 0. The van der Waals surface area contributed by atoms with Crippen LogP contribution in [-0.4, -0.2) is 22.8 Å². The molecule has 152 valence electrons. The van der Waals surface area contributed by atoms with Gasteiger partial charge in [0.2, 0.25) is 5.89 Å². The summed E-state index contributed by atoms with van der Waals surface area (Å²) in [6.45, 7) is 12.2. The molecule has 0 aliphatic heterocycles. The van der Waals surface area contributed by atoms with E-state index in [1.807, 2.05) is 0 Å². The highest BCUT2D eigenvalue weighted by atomic mass is 19.1. The lowest BCUT2D eigenvalue weighted by Gasteiger charge is -2.37. The van der Waals surface area contributed by atoms with Crippen LogP contribution in [0.15, 0.2) is 40.3 Å². The third kappa shape index (κ3) is 4.88. The Labute approximate surface area is 167 Å². The van der Waals surface area contributed by atoms with Crippen LogP contribution in [0.1, 0.15) is 46.9 Å². The standard InChI is InChI=1S/C23H32FN3O/c1-14(2)20-11-17(16(5)10-18(20)13-25-15(3)4)12-22-26-27-23(28-22)19-8-6-7-9-21(19)24/h6-10,14-15,17-18,20,25H,11-13H2,1-5H3. The molecular formula is C23H32FN3O. The summed E-state index contributed by atoms with van der Waals surface area (Å²) in [5.41, 5.74) is 1.75. The molecule has 0 radical (unpaired) electrons. The molecule has 1 aromatic carbocycles. The number of halogens is 1. The van der Waals surface area contributed by atoms with Crippen molar-refractivity contribution in [3.8, 4) is 11.5 Å². The maximum Gasteiger partial charge on any atom is 0.250 e. The molecule has 5 heteroatoms. The summed E-state index contributed by atoms with van der Waals surface area (Å²) < 4.78 is 19.8. The zero-order chi connectivity index (χ0) is 20.3. The van der Waals surface area contributed by atoms with Gasteiger partial charge in [-0.05, 0) is 49.1 Å². The molecule has 1 aliphatic carbocycles. The average molecular weight is 386 g/mol. The van der Waals surface area contributed by atoms with Gasteiger partial charge in [-0.15, -0.1) is 10.2 Å². The van der Waals surface area contributed by atoms with Crippen molar-refractivity contribution in [1.29, 1.82) is 0 Å². The fraction of sp³-hybridized carbons (Fsp3) is 0.565. The summed E-state index contributed by atoms with van der Waals surface area (Å²) >= 11 is 0. The van der Waals surface area contributed by atoms with Gasteiger partial charge in [-0.1, -0.05) is 51.5 Å². The van der Waals surface area contributed by atoms with Crippen molar-refractivity contribution in [2.75, 3.05) is 6.54 Å². The number of aromatic nitrogens is 2. The summed E-state index contributed by atoms with van der Waals surface area (Å²) in [6, 6.07) is 7.00. The van der Waals surface area contributed by atoms with Crippen LogP contribution in [-0.2, 0) is 6.42 Å². The maximum atomic E-state index is 14.0. The molecule has 0 bridgehead atoms. The third-order valence-corrected chi connectivity index (χ3v) is 5.84. The molecule has 1 aromatic heterocycles. The van der Waals surface area contributed by atoms with Crippen molar-refractivity contribution < 1.29 is 8.81 Å². The van der Waals surface area contributed by atoms with E-state index in [0.29, 0.717) is 47.6 Å². The highest BCUT2D eigenvalue weighted by molar-refractivity contribution is 5.53. The molecule has 0 saturated carbocycles. The van der Waals surface area contributed by atoms with Gasteiger partial charge in [0.15, 0.2) is 0 Å². The molecule has 2 aromatic rings. The van der Waals surface area contributed by atoms with Crippen LogP contribution in [0, 0.1) is 29.5 Å². The van der Waals surface area contributed by atoms with Crippen LogP contribution in [0.3, 0.4) is 0 Å². The first-order chi connectivity index (χ1) is 13.3. The first-order valence-electron chi connectivity index (χ1n) is 10.3. The monoisotopic (exact) mass is 385 g/mol. The van der Waals surface area contributed by atoms with Gasteiger partial charge >= 0.3 is 0 Å².